The molecule has 0 spiro atoms. The smallest absolute Gasteiger partial charge is 0.242 e. The molecule has 2 amide bonds. The Morgan fingerprint density at radius 3 is 2.62 bits per heavy atom. The van der Waals surface area contributed by atoms with E-state index in [4.69, 9.17) is 4.74 Å². The van der Waals surface area contributed by atoms with E-state index in [1.165, 1.54) is 11.1 Å². The van der Waals surface area contributed by atoms with Gasteiger partial charge in [-0.2, -0.15) is 0 Å². The molecule has 1 unspecified atom stereocenters. The molecule has 1 atom stereocenters. The molecular formula is C26H34N2O3S. The lowest BCUT2D eigenvalue weighted by Crippen LogP contribution is -2.50. The van der Waals surface area contributed by atoms with Crippen molar-refractivity contribution in [1.82, 2.24) is 10.2 Å². The zero-order valence-electron chi connectivity index (χ0n) is 19.3. The summed E-state index contributed by atoms with van der Waals surface area (Å²) >= 11 is 1.59. The van der Waals surface area contributed by atoms with Crippen LogP contribution in [0.5, 0.6) is 5.75 Å². The number of carbonyl (C=O) groups is 2. The fourth-order valence-corrected chi connectivity index (χ4v) is 5.03. The minimum Gasteiger partial charge on any atom is -0.497 e. The zero-order chi connectivity index (χ0) is 22.9. The van der Waals surface area contributed by atoms with Gasteiger partial charge >= 0.3 is 0 Å². The van der Waals surface area contributed by atoms with Crippen molar-refractivity contribution in [2.24, 2.45) is 0 Å². The second kappa shape index (κ2) is 12.0. The van der Waals surface area contributed by atoms with Gasteiger partial charge in [0.2, 0.25) is 11.8 Å². The van der Waals surface area contributed by atoms with E-state index >= 15 is 0 Å². The van der Waals surface area contributed by atoms with Gasteiger partial charge in [0.1, 0.15) is 11.8 Å². The second-order valence-corrected chi connectivity index (χ2v) is 9.44. The number of nitrogens with zero attached hydrogens (tertiary/aromatic N) is 1. The predicted octanol–water partition coefficient (Wildman–Crippen LogP) is 4.71. The number of benzene rings is 2. The number of ether oxygens (including phenoxy) is 1. The molecular weight excluding hydrogens is 420 g/mol. The van der Waals surface area contributed by atoms with E-state index < -0.39 is 6.04 Å². The van der Waals surface area contributed by atoms with Crippen molar-refractivity contribution in [3.63, 3.8) is 0 Å². The summed E-state index contributed by atoms with van der Waals surface area (Å²) < 4.78 is 5.33. The molecule has 3 rings (SSSR count). The van der Waals surface area contributed by atoms with Gasteiger partial charge < -0.3 is 15.0 Å². The minimum absolute atomic E-state index is 0.0273. The summed E-state index contributed by atoms with van der Waals surface area (Å²) in [7, 11) is 1.63. The molecule has 1 saturated carbocycles. The Hall–Kier alpha value is -2.47. The summed E-state index contributed by atoms with van der Waals surface area (Å²) in [5, 5.41) is 3.15. The number of rotatable bonds is 10. The van der Waals surface area contributed by atoms with Gasteiger partial charge in [-0.25, -0.2) is 0 Å². The molecule has 2 aromatic carbocycles. The third kappa shape index (κ3) is 6.76. The second-order valence-electron chi connectivity index (χ2n) is 8.46. The van der Waals surface area contributed by atoms with Crippen molar-refractivity contribution in [3.8, 4) is 5.75 Å². The standard InChI is InChI=1S/C26H34N2O3S/c1-19-9-4-5-11-22(19)17-32-18-25(29)28(16-21-10-8-14-24(15-21)31-3)20(2)26(30)27-23-12-6-7-13-23/h4-5,8-11,14-15,20,23H,6-7,12-13,16-18H2,1-3H3,(H,27,30). The molecule has 0 bridgehead atoms. The quantitative estimate of drug-likeness (QED) is 0.565. The Morgan fingerprint density at radius 2 is 1.91 bits per heavy atom. The summed E-state index contributed by atoms with van der Waals surface area (Å²) in [5.74, 6) is 1.75. The maximum atomic E-state index is 13.3. The van der Waals surface area contributed by atoms with Crippen LogP contribution in [0.25, 0.3) is 0 Å². The summed E-state index contributed by atoms with van der Waals surface area (Å²) in [5.41, 5.74) is 3.41. The fourth-order valence-electron chi connectivity index (χ4n) is 4.05. The Bertz CT molecular complexity index is 911. The van der Waals surface area contributed by atoms with E-state index in [0.29, 0.717) is 12.3 Å². The lowest BCUT2D eigenvalue weighted by atomic mass is 10.1. The summed E-state index contributed by atoms with van der Waals surface area (Å²) in [4.78, 5) is 27.9. The van der Waals surface area contributed by atoms with Gasteiger partial charge in [0.05, 0.1) is 12.9 Å². The Kier molecular flexibility index (Phi) is 9.03. The van der Waals surface area contributed by atoms with E-state index in [0.717, 1.165) is 42.7 Å². The first-order valence-corrected chi connectivity index (χ1v) is 12.5. The van der Waals surface area contributed by atoms with Gasteiger partial charge in [-0.1, -0.05) is 49.2 Å². The van der Waals surface area contributed by atoms with Crippen LogP contribution in [-0.2, 0) is 21.9 Å². The van der Waals surface area contributed by atoms with E-state index in [9.17, 15) is 9.59 Å². The highest BCUT2D eigenvalue weighted by Crippen LogP contribution is 2.21. The van der Waals surface area contributed by atoms with Gasteiger partial charge in [-0.05, 0) is 55.5 Å². The number of aryl methyl sites for hydroxylation is 1. The first-order valence-electron chi connectivity index (χ1n) is 11.3. The van der Waals surface area contributed by atoms with Crippen LogP contribution in [-0.4, -0.2) is 41.7 Å². The van der Waals surface area contributed by atoms with Crippen LogP contribution >= 0.6 is 11.8 Å². The van der Waals surface area contributed by atoms with Crippen LogP contribution in [0.3, 0.4) is 0 Å². The third-order valence-corrected chi connectivity index (χ3v) is 7.07. The van der Waals surface area contributed by atoms with Crippen molar-refractivity contribution in [2.45, 2.75) is 63.9 Å². The third-order valence-electron chi connectivity index (χ3n) is 6.10. The monoisotopic (exact) mass is 454 g/mol. The van der Waals surface area contributed by atoms with Crippen molar-refractivity contribution >= 4 is 23.6 Å². The van der Waals surface area contributed by atoms with Crippen LogP contribution in [0.15, 0.2) is 48.5 Å². The summed E-state index contributed by atoms with van der Waals surface area (Å²) in [6, 6.07) is 15.6. The van der Waals surface area contributed by atoms with Crippen LogP contribution in [0.2, 0.25) is 0 Å². The first kappa shape index (κ1) is 24.2. The molecule has 0 heterocycles. The molecule has 6 heteroatoms. The topological polar surface area (TPSA) is 58.6 Å². The molecule has 0 aromatic heterocycles. The van der Waals surface area contributed by atoms with E-state index in [2.05, 4.69) is 24.4 Å². The van der Waals surface area contributed by atoms with Crippen LogP contribution < -0.4 is 10.1 Å². The molecule has 0 aliphatic heterocycles. The molecule has 1 aliphatic carbocycles. The largest absolute Gasteiger partial charge is 0.497 e. The van der Waals surface area contributed by atoms with Crippen LogP contribution in [0, 0.1) is 6.92 Å². The zero-order valence-corrected chi connectivity index (χ0v) is 20.1. The van der Waals surface area contributed by atoms with E-state index in [1.807, 2.05) is 43.3 Å². The van der Waals surface area contributed by atoms with Gasteiger partial charge in [-0.15, -0.1) is 11.8 Å². The normalized spacial score (nSPS) is 14.7. The first-order chi connectivity index (χ1) is 15.5. The molecule has 2 aromatic rings. The lowest BCUT2D eigenvalue weighted by Gasteiger charge is -2.30. The fraction of sp³-hybridized carbons (Fsp3) is 0.462. The maximum Gasteiger partial charge on any atom is 0.242 e. The molecule has 5 nitrogen and oxygen atoms in total. The number of amides is 2. The molecule has 32 heavy (non-hydrogen) atoms. The maximum absolute atomic E-state index is 13.3. The lowest BCUT2D eigenvalue weighted by molar-refractivity contribution is -0.138. The Morgan fingerprint density at radius 1 is 1.16 bits per heavy atom. The highest BCUT2D eigenvalue weighted by atomic mass is 32.2. The average Bonchev–Trinajstić information content (AvgIpc) is 3.31. The number of hydrogen-bond donors (Lipinski definition) is 1. The van der Waals surface area contributed by atoms with E-state index in [-0.39, 0.29) is 17.9 Å². The van der Waals surface area contributed by atoms with Gasteiger partial charge in [-0.3, -0.25) is 9.59 Å². The molecule has 172 valence electrons. The molecule has 1 N–H and O–H groups in total. The van der Waals surface area contributed by atoms with Crippen molar-refractivity contribution in [3.05, 3.63) is 65.2 Å². The minimum atomic E-state index is -0.534. The van der Waals surface area contributed by atoms with Crippen molar-refractivity contribution in [1.29, 1.82) is 0 Å². The molecule has 0 radical (unpaired) electrons. The van der Waals surface area contributed by atoms with E-state index in [1.54, 1.807) is 23.8 Å². The molecule has 1 fully saturated rings. The number of methoxy groups -OCH3 is 1. The SMILES string of the molecule is COc1cccc(CN(C(=O)CSCc2ccccc2C)C(C)C(=O)NC2CCCC2)c1. The van der Waals surface area contributed by atoms with Crippen LogP contribution in [0.1, 0.15) is 49.3 Å². The molecule has 0 saturated heterocycles. The number of hydrogen-bond acceptors (Lipinski definition) is 4. The summed E-state index contributed by atoms with van der Waals surface area (Å²) in [6.45, 7) is 4.29. The number of thioether (sulfide) groups is 1. The highest BCUT2D eigenvalue weighted by Gasteiger charge is 2.28. The van der Waals surface area contributed by atoms with Gasteiger partial charge in [0, 0.05) is 18.3 Å². The Balaban J connectivity index is 1.68. The van der Waals surface area contributed by atoms with Gasteiger partial charge in [0.25, 0.3) is 0 Å². The van der Waals surface area contributed by atoms with Crippen molar-refractivity contribution in [2.75, 3.05) is 12.9 Å². The Labute approximate surface area is 195 Å². The number of nitrogens with one attached hydrogen (secondary N) is 1. The molecule has 1 aliphatic rings. The average molecular weight is 455 g/mol. The predicted molar refractivity (Wildman–Crippen MR) is 131 cm³/mol. The number of carbonyl (C=O) groups excluding carboxylic acids is 2. The highest BCUT2D eigenvalue weighted by molar-refractivity contribution is 7.99. The van der Waals surface area contributed by atoms with Crippen molar-refractivity contribution < 1.29 is 14.3 Å². The van der Waals surface area contributed by atoms with Gasteiger partial charge in [0.15, 0.2) is 0 Å². The van der Waals surface area contributed by atoms with Crippen LogP contribution in [0.4, 0.5) is 0 Å². The summed E-state index contributed by atoms with van der Waals surface area (Å²) in [6.07, 6.45) is 4.35.